The van der Waals surface area contributed by atoms with Crippen LogP contribution >= 0.6 is 0 Å². The lowest BCUT2D eigenvalue weighted by molar-refractivity contribution is 0.0519. The van der Waals surface area contributed by atoms with Crippen molar-refractivity contribution < 1.29 is 10.2 Å². The van der Waals surface area contributed by atoms with Crippen molar-refractivity contribution in [2.75, 3.05) is 0 Å². The van der Waals surface area contributed by atoms with Gasteiger partial charge in [-0.05, 0) is 19.8 Å². The summed E-state index contributed by atoms with van der Waals surface area (Å²) < 4.78 is 0. The van der Waals surface area contributed by atoms with Gasteiger partial charge in [0.25, 0.3) is 0 Å². The lowest BCUT2D eigenvalue weighted by atomic mass is 10.0. The van der Waals surface area contributed by atoms with E-state index in [1.54, 1.807) is 13.8 Å². The summed E-state index contributed by atoms with van der Waals surface area (Å²) in [6, 6.07) is -0.457. The van der Waals surface area contributed by atoms with Crippen LogP contribution in [0.4, 0.5) is 0 Å². The molecule has 13 heavy (non-hydrogen) atoms. The Morgan fingerprint density at radius 1 is 1.08 bits per heavy atom. The lowest BCUT2D eigenvalue weighted by Crippen LogP contribution is -2.53. The van der Waals surface area contributed by atoms with E-state index in [0.29, 0.717) is 0 Å². The molecule has 80 valence electrons. The first-order chi connectivity index (χ1) is 5.86. The molecule has 0 aliphatic heterocycles. The van der Waals surface area contributed by atoms with E-state index in [-0.39, 0.29) is 18.0 Å². The van der Waals surface area contributed by atoms with E-state index in [1.807, 2.05) is 13.8 Å². The molecule has 4 heteroatoms. The quantitative estimate of drug-likeness (QED) is 0.447. The van der Waals surface area contributed by atoms with Gasteiger partial charge in [-0.2, -0.15) is 0 Å². The zero-order chi connectivity index (χ0) is 10.6. The fourth-order valence-electron chi connectivity index (χ4n) is 0.884. The number of rotatable bonds is 5. The fraction of sp³-hybridized carbons (Fsp3) is 1.00. The summed E-state index contributed by atoms with van der Waals surface area (Å²) >= 11 is 0. The molecule has 2 unspecified atom stereocenters. The van der Waals surface area contributed by atoms with E-state index in [2.05, 4.69) is 5.32 Å². The van der Waals surface area contributed by atoms with E-state index < -0.39 is 12.3 Å². The van der Waals surface area contributed by atoms with Crippen LogP contribution in [0.2, 0.25) is 0 Å². The van der Waals surface area contributed by atoms with Crippen LogP contribution in [0.15, 0.2) is 0 Å². The molecule has 0 aromatic carbocycles. The van der Waals surface area contributed by atoms with Crippen molar-refractivity contribution in [1.29, 1.82) is 0 Å². The highest BCUT2D eigenvalue weighted by molar-refractivity contribution is 4.77. The fourth-order valence-corrected chi connectivity index (χ4v) is 0.884. The molecule has 4 nitrogen and oxygen atoms in total. The van der Waals surface area contributed by atoms with E-state index in [4.69, 9.17) is 5.73 Å². The Kier molecular flexibility index (Phi) is 5.48. The van der Waals surface area contributed by atoms with E-state index >= 15 is 0 Å². The van der Waals surface area contributed by atoms with Crippen molar-refractivity contribution in [2.45, 2.75) is 52.1 Å². The molecule has 0 rings (SSSR count). The van der Waals surface area contributed by atoms with Gasteiger partial charge in [-0.15, -0.1) is 0 Å². The van der Waals surface area contributed by atoms with Gasteiger partial charge in [0.1, 0.15) is 6.23 Å². The minimum Gasteiger partial charge on any atom is -0.392 e. The van der Waals surface area contributed by atoms with Crippen LogP contribution < -0.4 is 11.1 Å². The van der Waals surface area contributed by atoms with Crippen LogP contribution in [-0.4, -0.2) is 34.6 Å². The Morgan fingerprint density at radius 3 is 1.85 bits per heavy atom. The first-order valence-electron chi connectivity index (χ1n) is 4.74. The molecular formula is C9H22N2O2. The van der Waals surface area contributed by atoms with Gasteiger partial charge < -0.3 is 15.9 Å². The van der Waals surface area contributed by atoms with E-state index in [9.17, 15) is 10.2 Å². The molecule has 0 aliphatic carbocycles. The van der Waals surface area contributed by atoms with Crippen molar-refractivity contribution in [3.63, 3.8) is 0 Å². The molecule has 0 saturated heterocycles. The summed E-state index contributed by atoms with van der Waals surface area (Å²) in [5, 5.41) is 21.6. The predicted molar refractivity (Wildman–Crippen MR) is 53.1 cm³/mol. The smallest absolute Gasteiger partial charge is 0.120 e. The van der Waals surface area contributed by atoms with Gasteiger partial charge in [0, 0.05) is 12.1 Å². The molecule has 0 fully saturated rings. The number of nitrogens with one attached hydrogen (secondary N) is 1. The van der Waals surface area contributed by atoms with Gasteiger partial charge in [0.05, 0.1) is 6.10 Å². The summed E-state index contributed by atoms with van der Waals surface area (Å²) in [5.41, 5.74) is 5.71. The number of aliphatic hydroxyl groups excluding tert-OH is 2. The highest BCUT2D eigenvalue weighted by Crippen LogP contribution is 2.03. The third-order valence-electron chi connectivity index (χ3n) is 2.29. The third-order valence-corrected chi connectivity index (χ3v) is 2.29. The Morgan fingerprint density at radius 2 is 1.54 bits per heavy atom. The molecule has 0 aromatic heterocycles. The maximum absolute atomic E-state index is 9.56. The number of hydrogen-bond acceptors (Lipinski definition) is 4. The average Bonchev–Trinajstić information content (AvgIpc) is 2.02. The Bertz CT molecular complexity index is 140. The molecule has 0 aliphatic rings. The molecule has 0 spiro atoms. The zero-order valence-electron chi connectivity index (χ0n) is 8.86. The third kappa shape index (κ3) is 4.57. The summed E-state index contributed by atoms with van der Waals surface area (Å²) in [4.78, 5) is 0. The first-order valence-corrected chi connectivity index (χ1v) is 4.74. The minimum atomic E-state index is -0.760. The Labute approximate surface area is 80.1 Å². The molecule has 0 radical (unpaired) electrons. The molecule has 0 saturated carbocycles. The van der Waals surface area contributed by atoms with Crippen molar-refractivity contribution in [3.8, 4) is 0 Å². The van der Waals surface area contributed by atoms with E-state index in [1.165, 1.54) is 0 Å². The van der Waals surface area contributed by atoms with Crippen LogP contribution in [-0.2, 0) is 0 Å². The first kappa shape index (κ1) is 12.8. The lowest BCUT2D eigenvalue weighted by Gasteiger charge is -2.27. The van der Waals surface area contributed by atoms with Crippen LogP contribution in [0.1, 0.15) is 27.7 Å². The maximum atomic E-state index is 9.56. The second kappa shape index (κ2) is 5.54. The van der Waals surface area contributed by atoms with Crippen LogP contribution in [0, 0.1) is 5.92 Å². The molecular weight excluding hydrogens is 168 g/mol. The molecule has 0 heterocycles. The summed E-state index contributed by atoms with van der Waals surface area (Å²) in [7, 11) is 0. The normalized spacial score (nSPS) is 21.2. The van der Waals surface area contributed by atoms with Crippen LogP contribution in [0.25, 0.3) is 0 Å². The molecule has 0 amide bonds. The van der Waals surface area contributed by atoms with Gasteiger partial charge in [-0.25, -0.2) is 0 Å². The molecule has 4 atom stereocenters. The molecule has 0 bridgehead atoms. The highest BCUT2D eigenvalue weighted by Gasteiger charge is 2.21. The molecule has 5 N–H and O–H groups in total. The second-order valence-electron chi connectivity index (χ2n) is 3.96. The van der Waals surface area contributed by atoms with Gasteiger partial charge in [-0.1, -0.05) is 13.8 Å². The summed E-state index contributed by atoms with van der Waals surface area (Å²) in [5.74, 6) is 0.212. The van der Waals surface area contributed by atoms with Gasteiger partial charge in [-0.3, -0.25) is 5.32 Å². The van der Waals surface area contributed by atoms with Crippen molar-refractivity contribution in [2.24, 2.45) is 11.7 Å². The van der Waals surface area contributed by atoms with Gasteiger partial charge >= 0.3 is 0 Å². The highest BCUT2D eigenvalue weighted by atomic mass is 16.3. The molecule has 0 aromatic rings. The zero-order valence-corrected chi connectivity index (χ0v) is 8.86. The average molecular weight is 190 g/mol. The topological polar surface area (TPSA) is 78.5 Å². The Balaban J connectivity index is 3.92. The Hall–Kier alpha value is -0.160. The standard InChI is InChI=1S/C9H22N2O2/c1-5(2)8(10)9(13)11-6(3)7(4)12/h5-9,11-13H,10H2,1-4H3/t6-,7?,8+,9?/m0/s1. The second-order valence-corrected chi connectivity index (χ2v) is 3.96. The van der Waals surface area contributed by atoms with Gasteiger partial charge in [0.15, 0.2) is 0 Å². The van der Waals surface area contributed by atoms with Crippen molar-refractivity contribution >= 4 is 0 Å². The van der Waals surface area contributed by atoms with Crippen molar-refractivity contribution in [1.82, 2.24) is 5.32 Å². The van der Waals surface area contributed by atoms with Crippen LogP contribution in [0.5, 0.6) is 0 Å². The number of aliphatic hydroxyl groups is 2. The number of nitrogens with two attached hydrogens (primary N) is 1. The van der Waals surface area contributed by atoms with E-state index in [0.717, 1.165) is 0 Å². The van der Waals surface area contributed by atoms with Crippen LogP contribution in [0.3, 0.4) is 0 Å². The summed E-state index contributed by atoms with van der Waals surface area (Å²) in [6.07, 6.45) is -1.25. The maximum Gasteiger partial charge on any atom is 0.120 e. The van der Waals surface area contributed by atoms with Gasteiger partial charge in [0.2, 0.25) is 0 Å². The summed E-state index contributed by atoms with van der Waals surface area (Å²) in [6.45, 7) is 7.37. The monoisotopic (exact) mass is 190 g/mol. The largest absolute Gasteiger partial charge is 0.392 e. The predicted octanol–water partition coefficient (Wildman–Crippen LogP) is -0.353. The van der Waals surface area contributed by atoms with Crippen molar-refractivity contribution in [3.05, 3.63) is 0 Å². The number of hydrogen-bond donors (Lipinski definition) is 4. The minimum absolute atomic E-state index is 0.153. The SMILES string of the molecule is CC(C)[C@@H](N)C(O)N[C@@H](C)C(C)O.